The second kappa shape index (κ2) is 7.90. The van der Waals surface area contributed by atoms with Gasteiger partial charge in [0.1, 0.15) is 0 Å². The fourth-order valence-electron chi connectivity index (χ4n) is 2.72. The summed E-state index contributed by atoms with van der Waals surface area (Å²) in [4.78, 5) is 11.9. The van der Waals surface area contributed by atoms with Crippen molar-refractivity contribution in [3.8, 4) is 0 Å². The molecular formula is C16H24N2O2. The molecule has 0 aromatic heterocycles. The van der Waals surface area contributed by atoms with Crippen LogP contribution in [0.15, 0.2) is 30.3 Å². The molecule has 0 spiro atoms. The van der Waals surface area contributed by atoms with Crippen LogP contribution in [-0.2, 0) is 6.42 Å². The summed E-state index contributed by atoms with van der Waals surface area (Å²) in [7, 11) is 0. The summed E-state index contributed by atoms with van der Waals surface area (Å²) in [6.45, 7) is -0.0486. The van der Waals surface area contributed by atoms with E-state index in [1.54, 1.807) is 0 Å². The largest absolute Gasteiger partial charge is 0.394 e. The van der Waals surface area contributed by atoms with Crippen LogP contribution in [0.1, 0.15) is 37.7 Å². The minimum absolute atomic E-state index is 0.0486. The van der Waals surface area contributed by atoms with Crippen molar-refractivity contribution in [3.05, 3.63) is 35.9 Å². The molecular weight excluding hydrogens is 252 g/mol. The highest BCUT2D eigenvalue weighted by Gasteiger charge is 2.17. The number of hydrogen-bond acceptors (Lipinski definition) is 2. The second-order valence-electron chi connectivity index (χ2n) is 5.52. The molecule has 0 aliphatic heterocycles. The molecule has 0 bridgehead atoms. The highest BCUT2D eigenvalue weighted by Crippen LogP contribution is 2.17. The molecule has 110 valence electrons. The number of aliphatic hydroxyl groups is 1. The highest BCUT2D eigenvalue weighted by molar-refractivity contribution is 5.74. The van der Waals surface area contributed by atoms with Crippen molar-refractivity contribution in [2.45, 2.75) is 50.6 Å². The van der Waals surface area contributed by atoms with Gasteiger partial charge in [-0.25, -0.2) is 4.79 Å². The average Bonchev–Trinajstić information content (AvgIpc) is 2.48. The summed E-state index contributed by atoms with van der Waals surface area (Å²) in [5, 5.41) is 15.3. The summed E-state index contributed by atoms with van der Waals surface area (Å²) < 4.78 is 0. The molecule has 0 saturated heterocycles. The number of rotatable bonds is 5. The molecule has 1 aliphatic rings. The zero-order chi connectivity index (χ0) is 14.2. The van der Waals surface area contributed by atoms with E-state index in [1.807, 2.05) is 30.3 Å². The van der Waals surface area contributed by atoms with Crippen LogP contribution in [0.4, 0.5) is 4.79 Å². The molecule has 4 heteroatoms. The van der Waals surface area contributed by atoms with E-state index in [0.29, 0.717) is 12.5 Å². The first-order valence-corrected chi connectivity index (χ1v) is 7.49. The zero-order valence-corrected chi connectivity index (χ0v) is 11.8. The van der Waals surface area contributed by atoms with Crippen molar-refractivity contribution in [1.82, 2.24) is 10.6 Å². The summed E-state index contributed by atoms with van der Waals surface area (Å²) >= 11 is 0. The molecule has 20 heavy (non-hydrogen) atoms. The predicted octanol–water partition coefficient (Wildman–Crippen LogP) is 2.22. The van der Waals surface area contributed by atoms with Crippen molar-refractivity contribution in [2.75, 3.05) is 6.61 Å². The maximum atomic E-state index is 11.9. The first-order chi connectivity index (χ1) is 9.78. The van der Waals surface area contributed by atoms with Gasteiger partial charge in [0.2, 0.25) is 0 Å². The van der Waals surface area contributed by atoms with Crippen LogP contribution >= 0.6 is 0 Å². The lowest BCUT2D eigenvalue weighted by Gasteiger charge is -2.24. The molecule has 0 radical (unpaired) electrons. The standard InChI is InChI=1S/C16H24N2O2/c19-12-15(11-13-7-3-1-4-8-13)18-16(20)17-14-9-5-2-6-10-14/h1,3-4,7-8,14-15,19H,2,5-6,9-12H2,(H2,17,18,20)/t15-/m1/s1. The third-order valence-electron chi connectivity index (χ3n) is 3.82. The Hall–Kier alpha value is -1.55. The number of nitrogens with one attached hydrogen (secondary N) is 2. The molecule has 1 aromatic rings. The van der Waals surface area contributed by atoms with Gasteiger partial charge in [0.25, 0.3) is 0 Å². The minimum atomic E-state index is -0.235. The quantitative estimate of drug-likeness (QED) is 0.772. The molecule has 1 aliphatic carbocycles. The normalized spacial score (nSPS) is 17.4. The highest BCUT2D eigenvalue weighted by atomic mass is 16.3. The van der Waals surface area contributed by atoms with Gasteiger partial charge in [0, 0.05) is 6.04 Å². The number of benzene rings is 1. The number of aliphatic hydroxyl groups excluding tert-OH is 1. The number of amides is 2. The Morgan fingerprint density at radius 2 is 1.90 bits per heavy atom. The van der Waals surface area contributed by atoms with Crippen LogP contribution in [-0.4, -0.2) is 29.8 Å². The van der Waals surface area contributed by atoms with E-state index < -0.39 is 0 Å². The summed E-state index contributed by atoms with van der Waals surface area (Å²) in [6.07, 6.45) is 6.44. The van der Waals surface area contributed by atoms with Gasteiger partial charge in [-0.3, -0.25) is 0 Å². The lowest BCUT2D eigenvalue weighted by molar-refractivity contribution is 0.210. The lowest BCUT2D eigenvalue weighted by Crippen LogP contribution is -2.48. The maximum absolute atomic E-state index is 11.9. The Labute approximate surface area is 120 Å². The molecule has 1 aromatic carbocycles. The smallest absolute Gasteiger partial charge is 0.315 e. The molecule has 3 N–H and O–H groups in total. The van der Waals surface area contributed by atoms with Crippen molar-refractivity contribution < 1.29 is 9.90 Å². The summed E-state index contributed by atoms with van der Waals surface area (Å²) in [5.41, 5.74) is 1.12. The first-order valence-electron chi connectivity index (χ1n) is 7.49. The number of carbonyl (C=O) groups excluding carboxylic acids is 1. The van der Waals surface area contributed by atoms with E-state index in [-0.39, 0.29) is 18.7 Å². The zero-order valence-electron chi connectivity index (χ0n) is 11.8. The predicted molar refractivity (Wildman–Crippen MR) is 79.6 cm³/mol. The third kappa shape index (κ3) is 4.85. The summed E-state index contributed by atoms with van der Waals surface area (Å²) in [5.74, 6) is 0. The molecule has 1 saturated carbocycles. The van der Waals surface area contributed by atoms with Crippen molar-refractivity contribution in [2.24, 2.45) is 0 Å². The van der Waals surface area contributed by atoms with E-state index in [1.165, 1.54) is 19.3 Å². The van der Waals surface area contributed by atoms with Crippen LogP contribution in [0.25, 0.3) is 0 Å². The van der Waals surface area contributed by atoms with Gasteiger partial charge in [0.05, 0.1) is 12.6 Å². The Morgan fingerprint density at radius 3 is 2.55 bits per heavy atom. The third-order valence-corrected chi connectivity index (χ3v) is 3.82. The van der Waals surface area contributed by atoms with Gasteiger partial charge in [-0.2, -0.15) is 0 Å². The maximum Gasteiger partial charge on any atom is 0.315 e. The summed E-state index contributed by atoms with van der Waals surface area (Å²) in [6, 6.07) is 9.79. The second-order valence-corrected chi connectivity index (χ2v) is 5.52. The van der Waals surface area contributed by atoms with Crippen molar-refractivity contribution >= 4 is 6.03 Å². The fraction of sp³-hybridized carbons (Fsp3) is 0.562. The van der Waals surface area contributed by atoms with Crippen LogP contribution in [0.2, 0.25) is 0 Å². The van der Waals surface area contributed by atoms with E-state index in [0.717, 1.165) is 18.4 Å². The number of urea groups is 1. The van der Waals surface area contributed by atoms with Crippen LogP contribution in [0, 0.1) is 0 Å². The number of hydrogen-bond donors (Lipinski definition) is 3. The Kier molecular flexibility index (Phi) is 5.87. The Balaban J connectivity index is 1.78. The molecule has 0 unspecified atom stereocenters. The van der Waals surface area contributed by atoms with Crippen molar-refractivity contribution in [3.63, 3.8) is 0 Å². The molecule has 1 fully saturated rings. The van der Waals surface area contributed by atoms with Gasteiger partial charge in [0.15, 0.2) is 0 Å². The number of carbonyl (C=O) groups is 1. The monoisotopic (exact) mass is 276 g/mol. The Bertz CT molecular complexity index is 402. The molecule has 4 nitrogen and oxygen atoms in total. The van der Waals surface area contributed by atoms with Crippen molar-refractivity contribution in [1.29, 1.82) is 0 Å². The SMILES string of the molecule is O=C(NC1CCCCC1)N[C@@H](CO)Cc1ccccc1. The van der Waals surface area contributed by atoms with E-state index in [2.05, 4.69) is 10.6 Å². The van der Waals surface area contributed by atoms with E-state index >= 15 is 0 Å². The van der Waals surface area contributed by atoms with E-state index in [9.17, 15) is 9.90 Å². The first kappa shape index (κ1) is 14.9. The lowest BCUT2D eigenvalue weighted by atomic mass is 9.96. The fourth-order valence-corrected chi connectivity index (χ4v) is 2.72. The van der Waals surface area contributed by atoms with Gasteiger partial charge in [-0.1, -0.05) is 49.6 Å². The topological polar surface area (TPSA) is 61.4 Å². The molecule has 0 heterocycles. The van der Waals surface area contributed by atoms with Crippen LogP contribution in [0.5, 0.6) is 0 Å². The van der Waals surface area contributed by atoms with Gasteiger partial charge in [-0.05, 0) is 24.8 Å². The van der Waals surface area contributed by atoms with Crippen LogP contribution in [0.3, 0.4) is 0 Å². The molecule has 2 rings (SSSR count). The van der Waals surface area contributed by atoms with Gasteiger partial charge < -0.3 is 15.7 Å². The molecule has 1 atom stereocenters. The molecule has 2 amide bonds. The average molecular weight is 276 g/mol. The van der Waals surface area contributed by atoms with Gasteiger partial charge in [-0.15, -0.1) is 0 Å². The van der Waals surface area contributed by atoms with Gasteiger partial charge >= 0.3 is 6.03 Å². The van der Waals surface area contributed by atoms with Crippen LogP contribution < -0.4 is 10.6 Å². The minimum Gasteiger partial charge on any atom is -0.394 e. The van der Waals surface area contributed by atoms with E-state index in [4.69, 9.17) is 0 Å². The Morgan fingerprint density at radius 1 is 1.20 bits per heavy atom.